The van der Waals surface area contributed by atoms with E-state index in [1.54, 1.807) is 13.3 Å². The predicted octanol–water partition coefficient (Wildman–Crippen LogP) is 4.20. The molecule has 3 aromatic heterocycles. The summed E-state index contributed by atoms with van der Waals surface area (Å²) < 4.78 is 5.93. The third kappa shape index (κ3) is 4.38. The number of pyridine rings is 1. The van der Waals surface area contributed by atoms with E-state index in [1.165, 1.54) is 11.3 Å². The van der Waals surface area contributed by atoms with Crippen LogP contribution in [0.2, 0.25) is 0 Å². The number of methoxy groups -OCH3 is 1. The van der Waals surface area contributed by atoms with E-state index in [9.17, 15) is 4.79 Å². The van der Waals surface area contributed by atoms with Gasteiger partial charge in [-0.15, -0.1) is 11.3 Å². The molecular formula is C22H21N5O2S. The van der Waals surface area contributed by atoms with E-state index >= 15 is 0 Å². The van der Waals surface area contributed by atoms with E-state index in [2.05, 4.69) is 25.6 Å². The first-order valence-corrected chi connectivity index (χ1v) is 10.4. The average molecular weight is 420 g/mol. The van der Waals surface area contributed by atoms with E-state index in [1.807, 2.05) is 60.8 Å². The molecule has 0 saturated heterocycles. The number of hydrogen-bond acceptors (Lipinski definition) is 7. The van der Waals surface area contributed by atoms with Crippen LogP contribution < -0.4 is 15.4 Å². The molecule has 30 heavy (non-hydrogen) atoms. The number of carbonyl (C=O) groups is 1. The molecule has 0 aliphatic carbocycles. The van der Waals surface area contributed by atoms with Gasteiger partial charge in [-0.25, -0.2) is 9.97 Å². The smallest absolute Gasteiger partial charge is 0.271 e. The summed E-state index contributed by atoms with van der Waals surface area (Å²) in [6.07, 6.45) is 1.74. The number of carbonyl (C=O) groups excluding carboxylic acids is 1. The van der Waals surface area contributed by atoms with Crippen molar-refractivity contribution < 1.29 is 9.53 Å². The Morgan fingerprint density at radius 3 is 2.70 bits per heavy atom. The first kappa shape index (κ1) is 19.8. The highest BCUT2D eigenvalue weighted by Gasteiger charge is 2.17. The maximum absolute atomic E-state index is 12.9. The van der Waals surface area contributed by atoms with Crippen LogP contribution in [-0.4, -0.2) is 28.0 Å². The monoisotopic (exact) mass is 419 g/mol. The lowest BCUT2D eigenvalue weighted by atomic mass is 10.2. The molecule has 152 valence electrons. The number of nitrogens with zero attached hydrogens (tertiary/aromatic N) is 3. The van der Waals surface area contributed by atoms with Gasteiger partial charge in [0.1, 0.15) is 5.75 Å². The van der Waals surface area contributed by atoms with Gasteiger partial charge >= 0.3 is 0 Å². The number of amides is 1. The molecule has 3 heterocycles. The van der Waals surface area contributed by atoms with Gasteiger partial charge in [-0.3, -0.25) is 9.78 Å². The number of thiophene rings is 1. The zero-order valence-electron chi connectivity index (χ0n) is 16.6. The van der Waals surface area contributed by atoms with Crippen molar-refractivity contribution in [3.05, 3.63) is 77.1 Å². The SMILES string of the molecule is COc1ccc(CNC(=O)c2nc(NC(C)c3ccccn3)nc3ccsc23)cc1. The molecule has 0 fully saturated rings. The van der Waals surface area contributed by atoms with Crippen molar-refractivity contribution >= 4 is 33.4 Å². The summed E-state index contributed by atoms with van der Waals surface area (Å²) in [7, 11) is 1.62. The van der Waals surface area contributed by atoms with Gasteiger partial charge in [0.05, 0.1) is 29.1 Å². The van der Waals surface area contributed by atoms with Crippen LogP contribution in [0.3, 0.4) is 0 Å². The number of fused-ring (bicyclic) bond motifs is 1. The number of anilines is 1. The van der Waals surface area contributed by atoms with Crippen LogP contribution in [0.1, 0.15) is 34.7 Å². The summed E-state index contributed by atoms with van der Waals surface area (Å²) in [5.74, 6) is 0.932. The normalized spacial score (nSPS) is 11.8. The minimum absolute atomic E-state index is 0.0995. The molecule has 0 aliphatic rings. The van der Waals surface area contributed by atoms with Crippen molar-refractivity contribution in [2.75, 3.05) is 12.4 Å². The van der Waals surface area contributed by atoms with Crippen molar-refractivity contribution in [1.82, 2.24) is 20.3 Å². The van der Waals surface area contributed by atoms with Gasteiger partial charge in [0.15, 0.2) is 5.69 Å². The standard InChI is InChI=1S/C22H21N5O2S/c1-14(17-5-3-4-11-23-17)25-22-26-18-10-12-30-20(18)19(27-22)21(28)24-13-15-6-8-16(29-2)9-7-15/h3-12,14H,13H2,1-2H3,(H,24,28)(H,25,26,27). The summed E-state index contributed by atoms with van der Waals surface area (Å²) in [5, 5.41) is 8.10. The number of hydrogen-bond donors (Lipinski definition) is 2. The quantitative estimate of drug-likeness (QED) is 0.467. The molecule has 2 N–H and O–H groups in total. The Morgan fingerprint density at radius 2 is 1.97 bits per heavy atom. The molecule has 4 rings (SSSR count). The number of rotatable bonds is 7. The Bertz CT molecular complexity index is 1150. The summed E-state index contributed by atoms with van der Waals surface area (Å²) in [4.78, 5) is 26.3. The lowest BCUT2D eigenvalue weighted by Gasteiger charge is -2.14. The average Bonchev–Trinajstić information content (AvgIpc) is 3.26. The van der Waals surface area contributed by atoms with Gasteiger partial charge in [-0.05, 0) is 48.2 Å². The highest BCUT2D eigenvalue weighted by molar-refractivity contribution is 7.17. The molecule has 0 spiro atoms. The van der Waals surface area contributed by atoms with Crippen molar-refractivity contribution in [3.8, 4) is 5.75 Å². The third-order valence-electron chi connectivity index (χ3n) is 4.61. The van der Waals surface area contributed by atoms with E-state index < -0.39 is 0 Å². The largest absolute Gasteiger partial charge is 0.497 e. The van der Waals surface area contributed by atoms with Crippen molar-refractivity contribution in [2.45, 2.75) is 19.5 Å². The Labute approximate surface area is 178 Å². The van der Waals surface area contributed by atoms with Crippen LogP contribution in [0.25, 0.3) is 10.2 Å². The van der Waals surface area contributed by atoms with Gasteiger partial charge in [-0.1, -0.05) is 18.2 Å². The highest BCUT2D eigenvalue weighted by Crippen LogP contribution is 2.25. The molecule has 8 heteroatoms. The molecule has 7 nitrogen and oxygen atoms in total. The maximum atomic E-state index is 12.9. The van der Waals surface area contributed by atoms with Gasteiger partial charge in [-0.2, -0.15) is 0 Å². The van der Waals surface area contributed by atoms with Gasteiger partial charge in [0, 0.05) is 12.7 Å². The molecule has 4 aromatic rings. The van der Waals surface area contributed by atoms with Crippen LogP contribution in [0.15, 0.2) is 60.1 Å². The van der Waals surface area contributed by atoms with E-state index in [-0.39, 0.29) is 11.9 Å². The molecule has 1 atom stereocenters. The summed E-state index contributed by atoms with van der Waals surface area (Å²) in [6, 6.07) is 15.1. The zero-order valence-corrected chi connectivity index (χ0v) is 17.4. The van der Waals surface area contributed by atoms with Crippen LogP contribution >= 0.6 is 11.3 Å². The van der Waals surface area contributed by atoms with Crippen molar-refractivity contribution in [2.24, 2.45) is 0 Å². The summed E-state index contributed by atoms with van der Waals surface area (Å²) >= 11 is 1.45. The molecule has 1 unspecified atom stereocenters. The van der Waals surface area contributed by atoms with E-state index in [0.29, 0.717) is 18.2 Å². The Hall–Kier alpha value is -3.52. The zero-order chi connectivity index (χ0) is 20.9. The van der Waals surface area contributed by atoms with Gasteiger partial charge in [0.2, 0.25) is 5.95 Å². The van der Waals surface area contributed by atoms with E-state index in [0.717, 1.165) is 27.2 Å². The second-order valence-corrected chi connectivity index (χ2v) is 7.60. The number of nitrogens with one attached hydrogen (secondary N) is 2. The first-order chi connectivity index (χ1) is 14.6. The Balaban J connectivity index is 1.53. The number of ether oxygens (including phenoxy) is 1. The third-order valence-corrected chi connectivity index (χ3v) is 5.52. The topological polar surface area (TPSA) is 89.0 Å². The predicted molar refractivity (Wildman–Crippen MR) is 118 cm³/mol. The molecule has 0 radical (unpaired) electrons. The number of benzene rings is 1. The lowest BCUT2D eigenvalue weighted by Crippen LogP contribution is -2.24. The van der Waals surface area contributed by atoms with Crippen molar-refractivity contribution in [3.63, 3.8) is 0 Å². The second-order valence-electron chi connectivity index (χ2n) is 6.68. The highest BCUT2D eigenvalue weighted by atomic mass is 32.1. The first-order valence-electron chi connectivity index (χ1n) is 9.48. The fourth-order valence-electron chi connectivity index (χ4n) is 2.99. The Kier molecular flexibility index (Phi) is 5.85. The number of aromatic nitrogens is 3. The van der Waals surface area contributed by atoms with Crippen LogP contribution in [0.4, 0.5) is 5.95 Å². The van der Waals surface area contributed by atoms with Crippen LogP contribution in [0.5, 0.6) is 5.75 Å². The fraction of sp³-hybridized carbons (Fsp3) is 0.182. The molecule has 1 aromatic carbocycles. The van der Waals surface area contributed by atoms with Gasteiger partial charge in [0.25, 0.3) is 5.91 Å². The molecule has 1 amide bonds. The lowest BCUT2D eigenvalue weighted by molar-refractivity contribution is 0.0948. The van der Waals surface area contributed by atoms with Gasteiger partial charge < -0.3 is 15.4 Å². The summed E-state index contributed by atoms with van der Waals surface area (Å²) in [6.45, 7) is 2.37. The van der Waals surface area contributed by atoms with Crippen molar-refractivity contribution in [1.29, 1.82) is 0 Å². The molecule has 0 saturated carbocycles. The van der Waals surface area contributed by atoms with Crippen LogP contribution in [-0.2, 0) is 6.54 Å². The fourth-order valence-corrected chi connectivity index (χ4v) is 3.81. The molecular weight excluding hydrogens is 398 g/mol. The molecule has 0 bridgehead atoms. The Morgan fingerprint density at radius 1 is 1.13 bits per heavy atom. The van der Waals surface area contributed by atoms with E-state index in [4.69, 9.17) is 4.74 Å². The maximum Gasteiger partial charge on any atom is 0.271 e. The summed E-state index contributed by atoms with van der Waals surface area (Å²) in [5.41, 5.74) is 2.94. The minimum atomic E-state index is -0.241. The molecule has 0 aliphatic heterocycles. The second kappa shape index (κ2) is 8.87. The van der Waals surface area contributed by atoms with Crippen LogP contribution in [0, 0.1) is 0 Å². The minimum Gasteiger partial charge on any atom is -0.497 e.